The highest BCUT2D eigenvalue weighted by atomic mass is 32.3. The molecule has 2 aliphatic rings. The first kappa shape index (κ1) is 26.0. The minimum Gasteiger partial charge on any atom is -0.372 e. The second-order valence-electron chi connectivity index (χ2n) is 9.66. The number of fused-ring (bicyclic) bond motifs is 2. The van der Waals surface area contributed by atoms with Crippen LogP contribution < -0.4 is 4.90 Å². The Balaban J connectivity index is 2.09. The zero-order valence-electron chi connectivity index (χ0n) is 22.6. The van der Waals surface area contributed by atoms with Crippen LogP contribution in [0, 0.1) is 17.0 Å². The smallest absolute Gasteiger partial charge is 0.270 e. The lowest BCUT2D eigenvalue weighted by Gasteiger charge is -2.43. The number of nitro groups is 1. The van der Waals surface area contributed by atoms with Gasteiger partial charge in [-0.3, -0.25) is 10.1 Å². The van der Waals surface area contributed by atoms with E-state index in [1.165, 1.54) is 32.3 Å². The average molecular weight is 505 g/mol. The summed E-state index contributed by atoms with van der Waals surface area (Å²) in [6.45, 7) is 14.6. The molecule has 0 N–H and O–H groups in total. The predicted molar refractivity (Wildman–Crippen MR) is 155 cm³/mol. The fourth-order valence-corrected chi connectivity index (χ4v) is 7.90. The van der Waals surface area contributed by atoms with Gasteiger partial charge >= 0.3 is 0 Å². The van der Waals surface area contributed by atoms with Crippen LogP contribution in [0.3, 0.4) is 0 Å². The fraction of sp³-hybridized carbons (Fsp3) is 0.367. The Morgan fingerprint density at radius 2 is 1.61 bits per heavy atom. The van der Waals surface area contributed by atoms with Gasteiger partial charge in [0.1, 0.15) is 13.1 Å². The summed E-state index contributed by atoms with van der Waals surface area (Å²) in [5.74, 6) is 0. The van der Waals surface area contributed by atoms with E-state index >= 15 is 0 Å². The number of hydrogen-bond acceptors (Lipinski definition) is 3. The summed E-state index contributed by atoms with van der Waals surface area (Å²) in [6.07, 6.45) is 11.6. The number of hydrogen-bond donors (Lipinski definition) is 0. The molecule has 0 unspecified atom stereocenters. The number of nitrogens with zero attached hydrogens (tertiary/aromatic N) is 3. The minimum atomic E-state index is -1.33. The van der Waals surface area contributed by atoms with Crippen LogP contribution in [0.4, 0.5) is 11.4 Å². The predicted octanol–water partition coefficient (Wildman–Crippen LogP) is 6.94. The maximum absolute atomic E-state index is 11.7. The lowest BCUT2D eigenvalue weighted by Crippen LogP contribution is -2.24. The van der Waals surface area contributed by atoms with Gasteiger partial charge in [-0.1, -0.05) is 12.1 Å². The quantitative estimate of drug-likeness (QED) is 0.233. The molecular weight excluding hydrogens is 466 g/mol. The van der Waals surface area contributed by atoms with Gasteiger partial charge in [-0.2, -0.15) is 10.0 Å². The van der Waals surface area contributed by atoms with Crippen LogP contribution in [0.25, 0.3) is 5.57 Å². The van der Waals surface area contributed by atoms with Crippen LogP contribution in [0.15, 0.2) is 70.0 Å². The van der Waals surface area contributed by atoms with E-state index in [2.05, 4.69) is 86.1 Å². The van der Waals surface area contributed by atoms with Crippen molar-refractivity contribution in [2.45, 2.75) is 39.5 Å². The maximum atomic E-state index is 11.7. The van der Waals surface area contributed by atoms with Crippen molar-refractivity contribution in [2.24, 2.45) is 0 Å². The van der Waals surface area contributed by atoms with E-state index in [9.17, 15) is 10.1 Å². The van der Waals surface area contributed by atoms with E-state index in [1.807, 2.05) is 13.0 Å². The standard InChI is InChI=1S/C30H38N3O2S/c1-8-31(9-2)22-14-16-25-28(19-22)36(6,7)29-20-23(32(10-3)11-4)15-17-26(29)30(25)27-18-24(33(34)35)13-12-21(27)5/h12-20H,8-11H2,1-7H3/q+1. The molecule has 1 aliphatic carbocycles. The largest absolute Gasteiger partial charge is 0.372 e. The molecule has 0 fully saturated rings. The molecule has 4 rings (SSSR count). The number of benzene rings is 2. The Hall–Kier alpha value is -3.12. The first-order chi connectivity index (χ1) is 17.2. The Bertz CT molecular complexity index is 1340. The van der Waals surface area contributed by atoms with Crippen LogP contribution >= 0.6 is 10.0 Å². The monoisotopic (exact) mass is 504 g/mol. The molecule has 36 heavy (non-hydrogen) atoms. The summed E-state index contributed by atoms with van der Waals surface area (Å²) >= 11 is 0. The lowest BCUT2D eigenvalue weighted by atomic mass is 9.87. The number of aryl methyl sites for hydroxylation is 1. The van der Waals surface area contributed by atoms with Gasteiger partial charge in [-0.25, -0.2) is 4.58 Å². The van der Waals surface area contributed by atoms with Gasteiger partial charge in [-0.15, -0.1) is 0 Å². The summed E-state index contributed by atoms with van der Waals surface area (Å²) in [4.78, 5) is 16.5. The maximum Gasteiger partial charge on any atom is 0.270 e. The third-order valence-electron chi connectivity index (χ3n) is 7.53. The highest BCUT2D eigenvalue weighted by Crippen LogP contribution is 2.66. The van der Waals surface area contributed by atoms with E-state index < -0.39 is 10.0 Å². The molecule has 190 valence electrons. The minimum absolute atomic E-state index is 0.128. The summed E-state index contributed by atoms with van der Waals surface area (Å²) < 4.78 is 2.38. The molecule has 0 saturated carbocycles. The molecule has 1 heterocycles. The Labute approximate surface area is 217 Å². The third-order valence-corrected chi connectivity index (χ3v) is 10.4. The molecule has 0 saturated heterocycles. The molecule has 0 spiro atoms. The molecule has 0 radical (unpaired) electrons. The topological polar surface area (TPSA) is 49.4 Å². The van der Waals surface area contributed by atoms with Gasteiger partial charge in [0, 0.05) is 52.9 Å². The summed E-state index contributed by atoms with van der Waals surface area (Å²) in [5.41, 5.74) is 8.06. The van der Waals surface area contributed by atoms with Crippen molar-refractivity contribution in [3.63, 3.8) is 0 Å². The molecule has 1 aliphatic heterocycles. The molecule has 6 heteroatoms. The van der Waals surface area contributed by atoms with Crippen molar-refractivity contribution in [3.8, 4) is 0 Å². The molecule has 0 bridgehead atoms. The van der Waals surface area contributed by atoms with E-state index in [4.69, 9.17) is 0 Å². The van der Waals surface area contributed by atoms with Gasteiger partial charge in [-0.05, 0) is 93.2 Å². The first-order valence-electron chi connectivity index (χ1n) is 12.8. The second kappa shape index (κ2) is 10.1. The van der Waals surface area contributed by atoms with Gasteiger partial charge in [0.15, 0.2) is 0 Å². The molecule has 0 amide bonds. The zero-order valence-corrected chi connectivity index (χ0v) is 23.4. The van der Waals surface area contributed by atoms with Crippen molar-refractivity contribution >= 4 is 32.7 Å². The number of non-ortho nitro benzene ring substituents is 1. The molecule has 0 atom stereocenters. The van der Waals surface area contributed by atoms with E-state index in [0.29, 0.717) is 0 Å². The lowest BCUT2D eigenvalue weighted by molar-refractivity contribution is -0.519. The molecular formula is C30H38N3O2S+. The highest BCUT2D eigenvalue weighted by molar-refractivity contribution is 8.36. The van der Waals surface area contributed by atoms with Gasteiger partial charge < -0.3 is 4.90 Å². The Morgan fingerprint density at radius 3 is 2.22 bits per heavy atom. The average Bonchev–Trinajstić information content (AvgIpc) is 2.87. The molecule has 2 aromatic rings. The summed E-state index contributed by atoms with van der Waals surface area (Å²) in [6, 6.07) is 12.1. The van der Waals surface area contributed by atoms with Crippen molar-refractivity contribution in [1.29, 1.82) is 0 Å². The normalized spacial score (nSPS) is 16.8. The Morgan fingerprint density at radius 1 is 0.917 bits per heavy atom. The zero-order chi connectivity index (χ0) is 26.2. The Kier molecular flexibility index (Phi) is 7.28. The molecule has 0 aromatic heterocycles. The molecule has 5 nitrogen and oxygen atoms in total. The van der Waals surface area contributed by atoms with E-state index in [1.54, 1.807) is 12.1 Å². The SMILES string of the molecule is CCN(CC)c1ccc2c(c1)S(C)(C)C1=CC(=[N+](CC)CC)C=CC1=C2c1cc([N+](=O)[O-])ccc1C. The van der Waals surface area contributed by atoms with Crippen molar-refractivity contribution < 1.29 is 9.50 Å². The van der Waals surface area contributed by atoms with E-state index in [0.717, 1.165) is 42.9 Å². The van der Waals surface area contributed by atoms with Crippen LogP contribution in [0.2, 0.25) is 0 Å². The summed E-state index contributed by atoms with van der Waals surface area (Å²) in [7, 11) is -1.33. The number of rotatable bonds is 7. The van der Waals surface area contributed by atoms with Crippen LogP contribution in [0.5, 0.6) is 0 Å². The van der Waals surface area contributed by atoms with Gasteiger partial charge in [0.25, 0.3) is 5.69 Å². The van der Waals surface area contributed by atoms with Crippen molar-refractivity contribution in [2.75, 3.05) is 43.6 Å². The second-order valence-corrected chi connectivity index (χ2v) is 13.2. The summed E-state index contributed by atoms with van der Waals surface area (Å²) in [5, 5.41) is 11.7. The van der Waals surface area contributed by atoms with Crippen LogP contribution in [-0.2, 0) is 0 Å². The van der Waals surface area contributed by atoms with E-state index in [-0.39, 0.29) is 10.6 Å². The highest BCUT2D eigenvalue weighted by Gasteiger charge is 2.36. The first-order valence-corrected chi connectivity index (χ1v) is 15.3. The fourth-order valence-electron chi connectivity index (χ4n) is 5.40. The van der Waals surface area contributed by atoms with Crippen molar-refractivity contribution in [1.82, 2.24) is 0 Å². The van der Waals surface area contributed by atoms with Crippen LogP contribution in [0.1, 0.15) is 44.4 Å². The molecule has 2 aromatic carbocycles. The number of nitro benzene ring substituents is 1. The number of anilines is 1. The van der Waals surface area contributed by atoms with Gasteiger partial charge in [0.05, 0.1) is 4.92 Å². The van der Waals surface area contributed by atoms with Gasteiger partial charge in [0.2, 0.25) is 5.71 Å². The van der Waals surface area contributed by atoms with Crippen LogP contribution in [-0.4, -0.2) is 53.9 Å². The third kappa shape index (κ3) is 4.32. The van der Waals surface area contributed by atoms with Crippen molar-refractivity contribution in [3.05, 3.63) is 91.9 Å². The number of allylic oxidation sites excluding steroid dienone is 4.